The summed E-state index contributed by atoms with van der Waals surface area (Å²) >= 11 is 0. The molecule has 0 bridgehead atoms. The molecule has 11 heteroatoms. The fourth-order valence-corrected chi connectivity index (χ4v) is 3.52. The van der Waals surface area contributed by atoms with E-state index >= 15 is 0 Å². The number of carbonyl (C=O) groups excluding carboxylic acids is 1. The zero-order chi connectivity index (χ0) is 20.4. The summed E-state index contributed by atoms with van der Waals surface area (Å²) in [5.74, 6) is 0.0696. The number of alkyl halides is 3. The fraction of sp³-hybridized carbons (Fsp3) is 0.444. The Morgan fingerprint density at radius 1 is 1.24 bits per heavy atom. The highest BCUT2D eigenvalue weighted by molar-refractivity contribution is 5.79. The Hall–Kier alpha value is -3.11. The van der Waals surface area contributed by atoms with E-state index in [-0.39, 0.29) is 6.54 Å². The summed E-state index contributed by atoms with van der Waals surface area (Å²) in [4.78, 5) is 15.7. The summed E-state index contributed by atoms with van der Waals surface area (Å²) in [6.45, 7) is -0.439. The highest BCUT2D eigenvalue weighted by Crippen LogP contribution is 2.26. The Labute approximate surface area is 163 Å². The first-order valence-electron chi connectivity index (χ1n) is 9.19. The van der Waals surface area contributed by atoms with Gasteiger partial charge >= 0.3 is 6.18 Å². The Kier molecular flexibility index (Phi) is 5.12. The topological polar surface area (TPSA) is 79.8 Å². The third-order valence-electron chi connectivity index (χ3n) is 4.92. The molecule has 3 aromatic heterocycles. The lowest BCUT2D eigenvalue weighted by Gasteiger charge is -2.34. The smallest absolute Gasteiger partial charge is 0.406 e. The maximum atomic E-state index is 13.0. The number of anilines is 1. The fourth-order valence-electron chi connectivity index (χ4n) is 3.52. The van der Waals surface area contributed by atoms with Crippen molar-refractivity contribution in [3.05, 3.63) is 42.6 Å². The summed E-state index contributed by atoms with van der Waals surface area (Å²) in [5.41, 5.74) is 0.625. The van der Waals surface area contributed by atoms with E-state index in [2.05, 4.69) is 15.3 Å². The third-order valence-corrected chi connectivity index (χ3v) is 4.92. The summed E-state index contributed by atoms with van der Waals surface area (Å²) in [6, 6.07) is 6.76. The quantitative estimate of drug-likeness (QED) is 0.646. The predicted molar refractivity (Wildman–Crippen MR) is 95.9 cm³/mol. The number of carbonyl (C=O) groups is 1. The van der Waals surface area contributed by atoms with Crippen molar-refractivity contribution in [2.45, 2.75) is 25.6 Å². The Bertz CT molecular complexity index is 964. The van der Waals surface area contributed by atoms with Crippen LogP contribution < -0.4 is 4.90 Å². The van der Waals surface area contributed by atoms with Gasteiger partial charge in [-0.1, -0.05) is 0 Å². The maximum Gasteiger partial charge on any atom is 0.406 e. The van der Waals surface area contributed by atoms with Gasteiger partial charge in [0.05, 0.1) is 12.8 Å². The summed E-state index contributed by atoms with van der Waals surface area (Å²) in [7, 11) is 0. The molecule has 1 amide bonds. The Morgan fingerprint density at radius 3 is 2.72 bits per heavy atom. The van der Waals surface area contributed by atoms with Gasteiger partial charge in [0, 0.05) is 19.0 Å². The number of hydrogen-bond acceptors (Lipinski definition) is 6. The molecule has 1 aliphatic rings. The van der Waals surface area contributed by atoms with Crippen LogP contribution in [-0.4, -0.2) is 56.4 Å². The number of rotatable bonds is 5. The van der Waals surface area contributed by atoms with Crippen molar-refractivity contribution in [3.8, 4) is 0 Å². The van der Waals surface area contributed by atoms with E-state index in [1.54, 1.807) is 22.7 Å². The van der Waals surface area contributed by atoms with Gasteiger partial charge in [0.25, 0.3) is 0 Å². The number of nitrogens with zero attached hydrogens (tertiary/aromatic N) is 6. The molecule has 4 heterocycles. The van der Waals surface area contributed by atoms with Gasteiger partial charge < -0.3 is 14.2 Å². The number of furan rings is 1. The highest BCUT2D eigenvalue weighted by Gasteiger charge is 2.37. The molecule has 8 nitrogen and oxygen atoms in total. The van der Waals surface area contributed by atoms with Gasteiger partial charge in [-0.25, -0.2) is 0 Å². The highest BCUT2D eigenvalue weighted by atomic mass is 19.4. The van der Waals surface area contributed by atoms with Crippen LogP contribution in [0.4, 0.5) is 19.0 Å². The lowest BCUT2D eigenvalue weighted by Crippen LogP contribution is -2.45. The van der Waals surface area contributed by atoms with E-state index in [4.69, 9.17) is 4.42 Å². The number of aromatic nitrogens is 4. The van der Waals surface area contributed by atoms with Gasteiger partial charge in [0.2, 0.25) is 5.91 Å². The SMILES string of the molecule is O=C(C1CCN(c2ccc3nncn3n2)CC1)N(Cc1ccco1)CC(F)(F)F. The third kappa shape index (κ3) is 4.49. The molecule has 1 fully saturated rings. The molecule has 29 heavy (non-hydrogen) atoms. The van der Waals surface area contributed by atoms with Crippen LogP contribution in [0, 0.1) is 5.92 Å². The first-order valence-corrected chi connectivity index (χ1v) is 9.19. The van der Waals surface area contributed by atoms with Gasteiger partial charge in [-0.15, -0.1) is 15.3 Å². The van der Waals surface area contributed by atoms with E-state index in [0.29, 0.717) is 43.2 Å². The van der Waals surface area contributed by atoms with Crippen LogP contribution in [0.3, 0.4) is 0 Å². The Morgan fingerprint density at radius 2 is 2.03 bits per heavy atom. The molecular weight excluding hydrogens is 389 g/mol. The predicted octanol–water partition coefficient (Wildman–Crippen LogP) is 2.52. The number of amides is 1. The lowest BCUT2D eigenvalue weighted by molar-refractivity contribution is -0.165. The number of halogens is 3. The Balaban J connectivity index is 1.41. The summed E-state index contributed by atoms with van der Waals surface area (Å²) in [5, 5.41) is 12.1. The van der Waals surface area contributed by atoms with Crippen LogP contribution in [0.1, 0.15) is 18.6 Å². The van der Waals surface area contributed by atoms with E-state index in [1.165, 1.54) is 12.6 Å². The van der Waals surface area contributed by atoms with Crippen molar-refractivity contribution in [2.24, 2.45) is 5.92 Å². The maximum absolute atomic E-state index is 13.0. The molecule has 154 valence electrons. The molecule has 0 spiro atoms. The van der Waals surface area contributed by atoms with E-state index in [0.717, 1.165) is 4.90 Å². The molecule has 1 saturated heterocycles. The molecule has 0 atom stereocenters. The standard InChI is InChI=1S/C18H19F3N6O2/c19-18(20,21)11-26(10-14-2-1-9-29-14)17(28)13-5-7-25(8-6-13)16-4-3-15-23-22-12-27(15)24-16/h1-4,9,12-13H,5-8,10-11H2. The van der Waals surface area contributed by atoms with Crippen LogP contribution in [0.5, 0.6) is 0 Å². The van der Waals surface area contributed by atoms with Crippen LogP contribution in [0.2, 0.25) is 0 Å². The van der Waals surface area contributed by atoms with Gasteiger partial charge in [0.1, 0.15) is 24.5 Å². The van der Waals surface area contributed by atoms with Crippen LogP contribution >= 0.6 is 0 Å². The van der Waals surface area contributed by atoms with Crippen LogP contribution in [0.15, 0.2) is 41.3 Å². The number of fused-ring (bicyclic) bond motifs is 1. The summed E-state index contributed by atoms with van der Waals surface area (Å²) < 4.78 is 45.7. The first-order chi connectivity index (χ1) is 13.9. The van der Waals surface area contributed by atoms with Gasteiger partial charge in [0.15, 0.2) is 5.65 Å². The molecule has 0 N–H and O–H groups in total. The minimum atomic E-state index is -4.47. The van der Waals surface area contributed by atoms with Crippen molar-refractivity contribution >= 4 is 17.4 Å². The van der Waals surface area contributed by atoms with Gasteiger partial charge in [-0.2, -0.15) is 17.7 Å². The molecule has 3 aromatic rings. The molecule has 0 aliphatic carbocycles. The van der Waals surface area contributed by atoms with Crippen molar-refractivity contribution in [1.82, 2.24) is 24.7 Å². The molecule has 0 saturated carbocycles. The second-order valence-electron chi connectivity index (χ2n) is 6.98. The van der Waals surface area contributed by atoms with Crippen molar-refractivity contribution in [3.63, 3.8) is 0 Å². The van der Waals surface area contributed by atoms with E-state index in [9.17, 15) is 18.0 Å². The molecule has 0 unspecified atom stereocenters. The first kappa shape index (κ1) is 19.2. The average Bonchev–Trinajstić information content (AvgIpc) is 3.37. The normalized spacial score (nSPS) is 15.8. The van der Waals surface area contributed by atoms with E-state index < -0.39 is 24.5 Å². The summed E-state index contributed by atoms with van der Waals surface area (Å²) in [6.07, 6.45) is -0.690. The van der Waals surface area contributed by atoms with Crippen LogP contribution in [-0.2, 0) is 11.3 Å². The molecule has 1 aliphatic heterocycles. The monoisotopic (exact) mass is 408 g/mol. The average molecular weight is 408 g/mol. The van der Waals surface area contributed by atoms with Crippen molar-refractivity contribution in [2.75, 3.05) is 24.5 Å². The van der Waals surface area contributed by atoms with Gasteiger partial charge in [-0.3, -0.25) is 4.79 Å². The zero-order valence-electron chi connectivity index (χ0n) is 15.4. The number of hydrogen-bond donors (Lipinski definition) is 0. The zero-order valence-corrected chi connectivity index (χ0v) is 15.4. The molecule has 0 radical (unpaired) electrons. The molecular formula is C18H19F3N6O2. The molecule has 4 rings (SSSR count). The lowest BCUT2D eigenvalue weighted by atomic mass is 9.95. The molecule has 0 aromatic carbocycles. The second-order valence-corrected chi connectivity index (χ2v) is 6.98. The minimum Gasteiger partial charge on any atom is -0.467 e. The van der Waals surface area contributed by atoms with Gasteiger partial charge in [-0.05, 0) is 37.1 Å². The van der Waals surface area contributed by atoms with Crippen molar-refractivity contribution < 1.29 is 22.4 Å². The van der Waals surface area contributed by atoms with Crippen molar-refractivity contribution in [1.29, 1.82) is 0 Å². The second kappa shape index (κ2) is 7.72. The van der Waals surface area contributed by atoms with E-state index in [1.807, 2.05) is 11.0 Å². The largest absolute Gasteiger partial charge is 0.467 e. The number of piperidine rings is 1. The van der Waals surface area contributed by atoms with Crippen LogP contribution in [0.25, 0.3) is 5.65 Å². The minimum absolute atomic E-state index is 0.197.